The molecule has 0 saturated carbocycles. The fourth-order valence-corrected chi connectivity index (χ4v) is 3.06. The number of anilines is 2. The Morgan fingerprint density at radius 2 is 2.00 bits per heavy atom. The van der Waals surface area contributed by atoms with Gasteiger partial charge in [-0.3, -0.25) is 9.59 Å². The first-order valence-electron chi connectivity index (χ1n) is 7.52. The van der Waals surface area contributed by atoms with Crippen LogP contribution in [0.15, 0.2) is 42.5 Å². The van der Waals surface area contributed by atoms with E-state index in [0.717, 1.165) is 24.1 Å². The van der Waals surface area contributed by atoms with Gasteiger partial charge in [-0.1, -0.05) is 17.7 Å². The molecule has 0 unspecified atom stereocenters. The number of hydrogen-bond acceptors (Lipinski definition) is 2. The summed E-state index contributed by atoms with van der Waals surface area (Å²) in [4.78, 5) is 25.8. The van der Waals surface area contributed by atoms with Crippen LogP contribution in [0.2, 0.25) is 5.02 Å². The first kappa shape index (κ1) is 15.6. The average Bonchev–Trinajstić information content (AvgIpc) is 2.53. The zero-order chi connectivity index (χ0) is 16.4. The number of halogens is 1. The van der Waals surface area contributed by atoms with Crippen LogP contribution in [0.25, 0.3) is 0 Å². The lowest BCUT2D eigenvalue weighted by atomic mass is 10.0. The number of amides is 2. The molecule has 1 aliphatic rings. The maximum atomic E-state index is 12.9. The highest BCUT2D eigenvalue weighted by molar-refractivity contribution is 6.30. The molecule has 1 aliphatic heterocycles. The van der Waals surface area contributed by atoms with Gasteiger partial charge in [-0.2, -0.15) is 0 Å². The molecule has 0 aromatic heterocycles. The molecule has 118 valence electrons. The number of carbonyl (C=O) groups excluding carboxylic acids is 2. The Kier molecular flexibility index (Phi) is 4.35. The van der Waals surface area contributed by atoms with Gasteiger partial charge in [0.15, 0.2) is 0 Å². The number of nitrogens with zero attached hydrogens (tertiary/aromatic N) is 1. The number of fused-ring (bicyclic) bond motifs is 1. The molecule has 1 N–H and O–H groups in total. The maximum absolute atomic E-state index is 12.9. The highest BCUT2D eigenvalue weighted by Gasteiger charge is 2.23. The molecule has 0 fully saturated rings. The van der Waals surface area contributed by atoms with Crippen LogP contribution < -0.4 is 10.2 Å². The van der Waals surface area contributed by atoms with Crippen molar-refractivity contribution in [2.24, 2.45) is 0 Å². The molecule has 1 heterocycles. The molecule has 0 saturated heterocycles. The van der Waals surface area contributed by atoms with E-state index in [1.165, 1.54) is 6.92 Å². The Hall–Kier alpha value is -2.33. The van der Waals surface area contributed by atoms with Gasteiger partial charge < -0.3 is 10.2 Å². The van der Waals surface area contributed by atoms with E-state index >= 15 is 0 Å². The molecular formula is C18H17ClN2O2. The molecule has 2 aromatic carbocycles. The van der Waals surface area contributed by atoms with Crippen molar-refractivity contribution in [1.82, 2.24) is 0 Å². The maximum Gasteiger partial charge on any atom is 0.258 e. The van der Waals surface area contributed by atoms with Crippen molar-refractivity contribution in [2.75, 3.05) is 16.8 Å². The molecular weight excluding hydrogens is 312 g/mol. The SMILES string of the molecule is CC(=O)Nc1cccc(C(=O)N2CCCc3cc(Cl)ccc32)c1. The summed E-state index contributed by atoms with van der Waals surface area (Å²) in [5.74, 6) is -0.229. The van der Waals surface area contributed by atoms with Crippen LogP contribution in [-0.4, -0.2) is 18.4 Å². The van der Waals surface area contributed by atoms with Crippen LogP contribution in [0.3, 0.4) is 0 Å². The van der Waals surface area contributed by atoms with Crippen molar-refractivity contribution in [2.45, 2.75) is 19.8 Å². The predicted octanol–water partition coefficient (Wildman–Crippen LogP) is 3.89. The van der Waals surface area contributed by atoms with Gasteiger partial charge in [0.2, 0.25) is 5.91 Å². The quantitative estimate of drug-likeness (QED) is 0.909. The zero-order valence-corrected chi connectivity index (χ0v) is 13.6. The second-order valence-electron chi connectivity index (χ2n) is 5.60. The van der Waals surface area contributed by atoms with E-state index in [4.69, 9.17) is 11.6 Å². The molecule has 3 rings (SSSR count). The van der Waals surface area contributed by atoms with Gasteiger partial charge in [0, 0.05) is 35.4 Å². The van der Waals surface area contributed by atoms with Gasteiger partial charge in [-0.15, -0.1) is 0 Å². The smallest absolute Gasteiger partial charge is 0.258 e. The minimum Gasteiger partial charge on any atom is -0.326 e. The third-order valence-electron chi connectivity index (χ3n) is 3.84. The number of carbonyl (C=O) groups is 2. The Labute approximate surface area is 140 Å². The number of aryl methyl sites for hydroxylation is 1. The summed E-state index contributed by atoms with van der Waals surface area (Å²) in [7, 11) is 0. The molecule has 0 aliphatic carbocycles. The van der Waals surface area contributed by atoms with Crippen molar-refractivity contribution in [3.05, 3.63) is 58.6 Å². The van der Waals surface area contributed by atoms with Gasteiger partial charge in [-0.05, 0) is 54.8 Å². The Balaban J connectivity index is 1.91. The molecule has 23 heavy (non-hydrogen) atoms. The van der Waals surface area contributed by atoms with Crippen LogP contribution in [0.4, 0.5) is 11.4 Å². The van der Waals surface area contributed by atoms with E-state index in [1.54, 1.807) is 35.2 Å². The van der Waals surface area contributed by atoms with Crippen LogP contribution >= 0.6 is 11.6 Å². The summed E-state index contributed by atoms with van der Waals surface area (Å²) in [6.45, 7) is 2.12. The third-order valence-corrected chi connectivity index (χ3v) is 4.07. The lowest BCUT2D eigenvalue weighted by Gasteiger charge is -2.29. The minimum atomic E-state index is -0.160. The van der Waals surface area contributed by atoms with E-state index in [-0.39, 0.29) is 11.8 Å². The topological polar surface area (TPSA) is 49.4 Å². The standard InChI is InChI=1S/C18H17ClN2O2/c1-12(22)20-16-6-2-4-14(11-16)18(23)21-9-3-5-13-10-15(19)7-8-17(13)21/h2,4,6-8,10-11H,3,5,9H2,1H3,(H,20,22). The van der Waals surface area contributed by atoms with E-state index in [1.807, 2.05) is 12.1 Å². The largest absolute Gasteiger partial charge is 0.326 e. The van der Waals surface area contributed by atoms with Gasteiger partial charge in [0.05, 0.1) is 0 Å². The number of benzene rings is 2. The third kappa shape index (κ3) is 3.37. The summed E-state index contributed by atoms with van der Waals surface area (Å²) in [5.41, 5.74) is 3.18. The van der Waals surface area contributed by atoms with Crippen molar-refractivity contribution in [3.8, 4) is 0 Å². The highest BCUT2D eigenvalue weighted by atomic mass is 35.5. The van der Waals surface area contributed by atoms with E-state index < -0.39 is 0 Å². The molecule has 0 spiro atoms. The minimum absolute atomic E-state index is 0.0690. The zero-order valence-electron chi connectivity index (χ0n) is 12.8. The van der Waals surface area contributed by atoms with Crippen molar-refractivity contribution >= 4 is 34.8 Å². The second kappa shape index (κ2) is 6.42. The number of hydrogen-bond donors (Lipinski definition) is 1. The average molecular weight is 329 g/mol. The highest BCUT2D eigenvalue weighted by Crippen LogP contribution is 2.31. The van der Waals surface area contributed by atoms with Gasteiger partial charge in [0.1, 0.15) is 0 Å². The lowest BCUT2D eigenvalue weighted by molar-refractivity contribution is -0.114. The summed E-state index contributed by atoms with van der Waals surface area (Å²) in [5, 5.41) is 3.39. The number of nitrogens with one attached hydrogen (secondary N) is 1. The van der Waals surface area contributed by atoms with Crippen LogP contribution in [0.1, 0.15) is 29.3 Å². The summed E-state index contributed by atoms with van der Waals surface area (Å²) in [6, 6.07) is 12.6. The molecule has 0 atom stereocenters. The van der Waals surface area contributed by atoms with E-state index in [2.05, 4.69) is 5.32 Å². The van der Waals surface area contributed by atoms with Crippen LogP contribution in [-0.2, 0) is 11.2 Å². The lowest BCUT2D eigenvalue weighted by Crippen LogP contribution is -2.35. The normalized spacial score (nSPS) is 13.4. The Bertz CT molecular complexity index is 773. The Morgan fingerprint density at radius 1 is 1.17 bits per heavy atom. The van der Waals surface area contributed by atoms with Gasteiger partial charge in [0.25, 0.3) is 5.91 Å². The summed E-state index contributed by atoms with van der Waals surface area (Å²) in [6.07, 6.45) is 1.83. The first-order chi connectivity index (χ1) is 11.0. The first-order valence-corrected chi connectivity index (χ1v) is 7.90. The van der Waals surface area contributed by atoms with Crippen LogP contribution in [0.5, 0.6) is 0 Å². The molecule has 4 nitrogen and oxygen atoms in total. The van der Waals surface area contributed by atoms with Crippen LogP contribution in [0, 0.1) is 0 Å². The monoisotopic (exact) mass is 328 g/mol. The predicted molar refractivity (Wildman–Crippen MR) is 92.2 cm³/mol. The van der Waals surface area contributed by atoms with E-state index in [0.29, 0.717) is 22.8 Å². The molecule has 0 bridgehead atoms. The second-order valence-corrected chi connectivity index (χ2v) is 6.03. The summed E-state index contributed by atoms with van der Waals surface area (Å²) >= 11 is 6.05. The van der Waals surface area contributed by atoms with Gasteiger partial charge >= 0.3 is 0 Å². The molecule has 5 heteroatoms. The fraction of sp³-hybridized carbons (Fsp3) is 0.222. The molecule has 2 amide bonds. The summed E-state index contributed by atoms with van der Waals surface area (Å²) < 4.78 is 0. The molecule has 0 radical (unpaired) electrons. The van der Waals surface area contributed by atoms with Gasteiger partial charge in [-0.25, -0.2) is 0 Å². The van der Waals surface area contributed by atoms with E-state index in [9.17, 15) is 9.59 Å². The van der Waals surface area contributed by atoms with Crippen molar-refractivity contribution < 1.29 is 9.59 Å². The van der Waals surface area contributed by atoms with Crippen molar-refractivity contribution in [3.63, 3.8) is 0 Å². The fourth-order valence-electron chi connectivity index (χ4n) is 2.87. The van der Waals surface area contributed by atoms with Crippen molar-refractivity contribution in [1.29, 1.82) is 0 Å². The number of rotatable bonds is 2. The molecule has 2 aromatic rings. The Morgan fingerprint density at radius 3 is 2.78 bits per heavy atom.